The number of hydrogen-bond donors (Lipinski definition) is 0. The smallest absolute Gasteiger partial charge is 0.164 e. The highest BCUT2D eigenvalue weighted by atomic mass is 19.1. The Morgan fingerprint density at radius 3 is 1.98 bits per heavy atom. The van der Waals surface area contributed by atoms with Gasteiger partial charge in [0.05, 0.1) is 17.3 Å². The van der Waals surface area contributed by atoms with Crippen LogP contribution >= 0.6 is 0 Å². The van der Waals surface area contributed by atoms with Crippen LogP contribution in [-0.2, 0) is 5.41 Å². The summed E-state index contributed by atoms with van der Waals surface area (Å²) in [6, 6.07) is 39.1. The van der Waals surface area contributed by atoms with E-state index < -0.39 is 0 Å². The van der Waals surface area contributed by atoms with Crippen molar-refractivity contribution in [2.45, 2.75) is 26.2 Å². The lowest BCUT2D eigenvalue weighted by atomic mass is 9.76. The second-order valence-corrected chi connectivity index (χ2v) is 12.9. The number of nitriles is 1. The summed E-state index contributed by atoms with van der Waals surface area (Å²) in [5.41, 5.74) is 10.6. The minimum atomic E-state index is -0.376. The van der Waals surface area contributed by atoms with Gasteiger partial charge in [-0.05, 0) is 63.0 Å². The first-order valence-electron chi connectivity index (χ1n) is 15.5. The molecule has 0 atom stereocenters. The van der Waals surface area contributed by atoms with E-state index in [1.807, 2.05) is 89.3 Å². The molecule has 3 nitrogen and oxygen atoms in total. The normalized spacial score (nSPS) is 11.6. The molecule has 2 aromatic heterocycles. The molecule has 0 unspecified atom stereocenters. The SMILES string of the molecule is Bc1nc(-c2cccc3c2oc2c(-c4ccc(-c5cccc(-c6ccccc6)c5)cc4)c(C#N)ccc23)c(B)c(F)c1C(C)(C)C. The third-order valence-corrected chi connectivity index (χ3v) is 8.81. The van der Waals surface area contributed by atoms with Crippen LogP contribution in [0.15, 0.2) is 114 Å². The molecule has 0 aliphatic rings. The van der Waals surface area contributed by atoms with Crippen LogP contribution in [0.2, 0.25) is 0 Å². The molecule has 0 spiro atoms. The first-order chi connectivity index (χ1) is 22.2. The summed E-state index contributed by atoms with van der Waals surface area (Å²) in [7, 11) is 3.65. The van der Waals surface area contributed by atoms with E-state index in [1.165, 1.54) is 5.56 Å². The van der Waals surface area contributed by atoms with Crippen molar-refractivity contribution in [3.8, 4) is 50.7 Å². The second-order valence-electron chi connectivity index (χ2n) is 12.9. The van der Waals surface area contributed by atoms with Crippen LogP contribution in [-0.4, -0.2) is 20.7 Å². The average Bonchev–Trinajstić information content (AvgIpc) is 3.45. The van der Waals surface area contributed by atoms with Crippen LogP contribution in [0, 0.1) is 17.1 Å². The van der Waals surface area contributed by atoms with Gasteiger partial charge in [0.15, 0.2) is 7.85 Å². The molecule has 46 heavy (non-hydrogen) atoms. The highest BCUT2D eigenvalue weighted by molar-refractivity contribution is 6.38. The van der Waals surface area contributed by atoms with Gasteiger partial charge in [0.25, 0.3) is 0 Å². The summed E-state index contributed by atoms with van der Waals surface area (Å²) in [5.74, 6) is -0.232. The fourth-order valence-corrected chi connectivity index (χ4v) is 6.66. The van der Waals surface area contributed by atoms with Crippen LogP contribution < -0.4 is 11.1 Å². The quantitative estimate of drug-likeness (QED) is 0.198. The molecule has 7 rings (SSSR count). The molecule has 0 N–H and O–H groups in total. The predicted octanol–water partition coefficient (Wildman–Crippen LogP) is 7.47. The van der Waals surface area contributed by atoms with Crippen LogP contribution in [0.5, 0.6) is 0 Å². The van der Waals surface area contributed by atoms with Crippen molar-refractivity contribution in [2.75, 3.05) is 0 Å². The first kappa shape index (κ1) is 29.3. The number of halogens is 1. The molecule has 0 fully saturated rings. The molecular weight excluding hydrogens is 565 g/mol. The zero-order valence-corrected chi connectivity index (χ0v) is 26.6. The molecule has 7 aromatic rings. The summed E-state index contributed by atoms with van der Waals surface area (Å²) < 4.78 is 22.5. The van der Waals surface area contributed by atoms with E-state index in [4.69, 9.17) is 9.40 Å². The van der Waals surface area contributed by atoms with Crippen molar-refractivity contribution < 1.29 is 8.81 Å². The fourth-order valence-electron chi connectivity index (χ4n) is 6.66. The van der Waals surface area contributed by atoms with Gasteiger partial charge in [0.2, 0.25) is 0 Å². The number of para-hydroxylation sites is 1. The van der Waals surface area contributed by atoms with E-state index >= 15 is 4.39 Å². The minimum Gasteiger partial charge on any atom is -0.455 e. The second kappa shape index (κ2) is 11.2. The zero-order valence-electron chi connectivity index (χ0n) is 26.6. The van der Waals surface area contributed by atoms with Crippen molar-refractivity contribution in [3.05, 3.63) is 126 Å². The number of hydrogen-bond acceptors (Lipinski definition) is 3. The number of pyridine rings is 1. The van der Waals surface area contributed by atoms with Crippen molar-refractivity contribution in [1.82, 2.24) is 4.98 Å². The zero-order chi connectivity index (χ0) is 32.2. The Morgan fingerprint density at radius 1 is 0.696 bits per heavy atom. The molecular formula is C40H31B2FN2O. The maximum Gasteiger partial charge on any atom is 0.164 e. The van der Waals surface area contributed by atoms with Crippen LogP contribution in [0.3, 0.4) is 0 Å². The molecule has 0 amide bonds. The molecule has 2 heterocycles. The Hall–Kier alpha value is -5.40. The molecule has 0 saturated heterocycles. The van der Waals surface area contributed by atoms with Gasteiger partial charge in [-0.1, -0.05) is 106 Å². The van der Waals surface area contributed by atoms with E-state index in [9.17, 15) is 5.26 Å². The Bertz CT molecular complexity index is 2330. The van der Waals surface area contributed by atoms with Crippen molar-refractivity contribution in [1.29, 1.82) is 5.26 Å². The highest BCUT2D eigenvalue weighted by Gasteiger charge is 2.26. The molecule has 220 valence electrons. The van der Waals surface area contributed by atoms with Gasteiger partial charge >= 0.3 is 0 Å². The maximum atomic E-state index is 15.9. The Kier molecular flexibility index (Phi) is 7.13. The van der Waals surface area contributed by atoms with E-state index in [0.29, 0.717) is 39.0 Å². The van der Waals surface area contributed by atoms with E-state index in [2.05, 4.69) is 54.6 Å². The van der Waals surface area contributed by atoms with E-state index in [-0.39, 0.29) is 11.2 Å². The van der Waals surface area contributed by atoms with Gasteiger partial charge in [0.1, 0.15) is 24.8 Å². The van der Waals surface area contributed by atoms with Crippen LogP contribution in [0.4, 0.5) is 4.39 Å². The van der Waals surface area contributed by atoms with Crippen LogP contribution in [0.25, 0.3) is 66.6 Å². The summed E-state index contributed by atoms with van der Waals surface area (Å²) in [4.78, 5) is 4.92. The number of fused-ring (bicyclic) bond motifs is 3. The first-order valence-corrected chi connectivity index (χ1v) is 15.5. The minimum absolute atomic E-state index is 0.232. The molecule has 0 bridgehead atoms. The van der Waals surface area contributed by atoms with Gasteiger partial charge < -0.3 is 4.42 Å². The summed E-state index contributed by atoms with van der Waals surface area (Å²) in [5, 5.41) is 12.0. The van der Waals surface area contributed by atoms with Gasteiger partial charge in [-0.2, -0.15) is 5.26 Å². The lowest BCUT2D eigenvalue weighted by Crippen LogP contribution is -2.34. The number of nitrogens with zero attached hydrogens (tertiary/aromatic N) is 2. The largest absolute Gasteiger partial charge is 0.455 e. The monoisotopic (exact) mass is 596 g/mol. The van der Waals surface area contributed by atoms with E-state index in [0.717, 1.165) is 44.2 Å². The average molecular weight is 596 g/mol. The summed E-state index contributed by atoms with van der Waals surface area (Å²) in [6.45, 7) is 6.01. The molecule has 5 aromatic carbocycles. The van der Waals surface area contributed by atoms with Gasteiger partial charge in [-0.3, -0.25) is 4.98 Å². The molecule has 6 heteroatoms. The number of furan rings is 1. The lowest BCUT2D eigenvalue weighted by Gasteiger charge is -2.24. The van der Waals surface area contributed by atoms with Crippen molar-refractivity contribution in [2.24, 2.45) is 0 Å². The maximum absolute atomic E-state index is 15.9. The number of aromatic nitrogens is 1. The Morgan fingerprint density at radius 2 is 1.30 bits per heavy atom. The third kappa shape index (κ3) is 4.89. The Labute approximate surface area is 270 Å². The van der Waals surface area contributed by atoms with Gasteiger partial charge in [-0.15, -0.1) is 0 Å². The lowest BCUT2D eigenvalue weighted by molar-refractivity contribution is 0.529. The standard InChI is InChI=1S/C40H31B2FN2O/c1-40(2,3)33-35(43)34(41)36(45-39(33)42)31-14-8-13-29-30-20-19-28(22-44)32(38(30)46-37(29)31)25-17-15-24(16-18-25)27-12-7-11-26(21-27)23-9-5-4-6-10-23/h4-21H,41-42H2,1-3H3. The Balaban J connectivity index is 1.36. The number of rotatable bonds is 4. The predicted molar refractivity (Wildman–Crippen MR) is 193 cm³/mol. The van der Waals surface area contributed by atoms with Gasteiger partial charge in [0, 0.05) is 33.1 Å². The van der Waals surface area contributed by atoms with Crippen molar-refractivity contribution >= 4 is 48.7 Å². The molecule has 0 saturated carbocycles. The topological polar surface area (TPSA) is 49.8 Å². The third-order valence-electron chi connectivity index (χ3n) is 8.81. The molecule has 0 aliphatic carbocycles. The number of benzene rings is 5. The molecule has 0 aliphatic heterocycles. The highest BCUT2D eigenvalue weighted by Crippen LogP contribution is 2.41. The summed E-state index contributed by atoms with van der Waals surface area (Å²) in [6.07, 6.45) is 0. The fraction of sp³-hybridized carbons (Fsp3) is 0.100. The van der Waals surface area contributed by atoms with Crippen LogP contribution in [0.1, 0.15) is 31.9 Å². The molecule has 0 radical (unpaired) electrons. The summed E-state index contributed by atoms with van der Waals surface area (Å²) >= 11 is 0. The van der Waals surface area contributed by atoms with Gasteiger partial charge in [-0.25, -0.2) is 4.39 Å². The van der Waals surface area contributed by atoms with Crippen molar-refractivity contribution in [3.63, 3.8) is 0 Å². The van der Waals surface area contributed by atoms with E-state index in [1.54, 1.807) is 7.85 Å².